The monoisotopic (exact) mass is 429 g/mol. The predicted octanol–water partition coefficient (Wildman–Crippen LogP) is 2.23. The minimum atomic E-state index is 0.492. The number of aromatic nitrogens is 4. The number of guanidine groups is 1. The van der Waals surface area contributed by atoms with E-state index in [0.717, 1.165) is 49.0 Å². The largest absolute Gasteiger partial charge is 0.368 e. The van der Waals surface area contributed by atoms with Crippen molar-refractivity contribution in [2.45, 2.75) is 52.5 Å². The number of aryl methyl sites for hydroxylation is 1. The van der Waals surface area contributed by atoms with Crippen molar-refractivity contribution in [1.29, 1.82) is 0 Å². The van der Waals surface area contributed by atoms with Gasteiger partial charge in [-0.25, -0.2) is 9.97 Å². The topological polar surface area (TPSA) is 95.3 Å². The molecule has 172 valence electrons. The van der Waals surface area contributed by atoms with Crippen LogP contribution >= 0.6 is 0 Å². The van der Waals surface area contributed by atoms with Crippen LogP contribution in [0.1, 0.15) is 46.5 Å². The first-order chi connectivity index (χ1) is 15.1. The first-order valence-electron chi connectivity index (χ1n) is 11.7. The minimum absolute atomic E-state index is 0.492. The molecule has 0 saturated carbocycles. The molecule has 31 heavy (non-hydrogen) atoms. The van der Waals surface area contributed by atoms with E-state index in [1.807, 2.05) is 7.05 Å². The number of hydrogen-bond acceptors (Lipinski definition) is 6. The molecular weight excluding hydrogens is 390 g/mol. The molecule has 1 aliphatic rings. The van der Waals surface area contributed by atoms with Crippen LogP contribution in [-0.4, -0.2) is 75.9 Å². The molecule has 0 aromatic carbocycles. The van der Waals surface area contributed by atoms with E-state index < -0.39 is 0 Å². The Hall–Kier alpha value is -2.42. The van der Waals surface area contributed by atoms with E-state index in [2.05, 4.69) is 56.7 Å². The fraction of sp³-hybridized carbons (Fsp3) is 0.727. The summed E-state index contributed by atoms with van der Waals surface area (Å²) in [5.41, 5.74) is 0.827. The highest BCUT2D eigenvalue weighted by atomic mass is 15.3. The number of anilines is 1. The average Bonchev–Trinajstić information content (AvgIpc) is 2.96. The van der Waals surface area contributed by atoms with Gasteiger partial charge in [0.05, 0.1) is 18.1 Å². The fourth-order valence-corrected chi connectivity index (χ4v) is 4.17. The van der Waals surface area contributed by atoms with Crippen molar-refractivity contribution in [1.82, 2.24) is 35.3 Å². The lowest BCUT2D eigenvalue weighted by Gasteiger charge is -2.32. The van der Waals surface area contributed by atoms with Crippen LogP contribution in [0.5, 0.6) is 0 Å². The number of nitrogens with one attached hydrogen (secondary N) is 3. The lowest BCUT2D eigenvalue weighted by atomic mass is 10.0. The van der Waals surface area contributed by atoms with Crippen LogP contribution in [0, 0.1) is 5.92 Å². The minimum Gasteiger partial charge on any atom is -0.368 e. The zero-order chi connectivity index (χ0) is 22.1. The third kappa shape index (κ3) is 6.53. The van der Waals surface area contributed by atoms with Gasteiger partial charge in [0.2, 0.25) is 0 Å². The molecule has 1 fully saturated rings. The summed E-state index contributed by atoms with van der Waals surface area (Å²) in [4.78, 5) is 16.2. The summed E-state index contributed by atoms with van der Waals surface area (Å²) in [6, 6.07) is 0.492. The van der Waals surface area contributed by atoms with E-state index in [0.29, 0.717) is 12.0 Å². The quantitative estimate of drug-likeness (QED) is 0.320. The van der Waals surface area contributed by atoms with E-state index in [9.17, 15) is 0 Å². The summed E-state index contributed by atoms with van der Waals surface area (Å²) in [5, 5.41) is 15.4. The number of hydrogen-bond donors (Lipinski definition) is 3. The molecule has 3 rings (SSSR count). The van der Waals surface area contributed by atoms with E-state index in [-0.39, 0.29) is 0 Å². The van der Waals surface area contributed by atoms with Crippen LogP contribution in [-0.2, 0) is 7.05 Å². The second-order valence-electron chi connectivity index (χ2n) is 8.56. The Morgan fingerprint density at radius 2 is 1.87 bits per heavy atom. The molecule has 2 aromatic heterocycles. The van der Waals surface area contributed by atoms with E-state index in [4.69, 9.17) is 4.99 Å². The zero-order valence-electron chi connectivity index (χ0n) is 19.6. The summed E-state index contributed by atoms with van der Waals surface area (Å²) in [5.74, 6) is 2.27. The molecule has 3 N–H and O–H groups in total. The van der Waals surface area contributed by atoms with Gasteiger partial charge in [-0.3, -0.25) is 14.6 Å². The number of nitrogens with zero attached hydrogens (tertiary/aromatic N) is 6. The first kappa shape index (κ1) is 23.2. The maximum Gasteiger partial charge on any atom is 0.191 e. The van der Waals surface area contributed by atoms with E-state index in [1.165, 1.54) is 38.8 Å². The summed E-state index contributed by atoms with van der Waals surface area (Å²) in [6.45, 7) is 12.3. The van der Waals surface area contributed by atoms with Gasteiger partial charge in [0.15, 0.2) is 11.6 Å². The van der Waals surface area contributed by atoms with Gasteiger partial charge in [0.1, 0.15) is 12.1 Å². The van der Waals surface area contributed by atoms with Gasteiger partial charge >= 0.3 is 0 Å². The van der Waals surface area contributed by atoms with Crippen molar-refractivity contribution < 1.29 is 0 Å². The van der Waals surface area contributed by atoms with E-state index >= 15 is 0 Å². The van der Waals surface area contributed by atoms with Gasteiger partial charge in [-0.2, -0.15) is 5.10 Å². The first-order valence-corrected chi connectivity index (χ1v) is 11.7. The van der Waals surface area contributed by atoms with Crippen LogP contribution in [0.15, 0.2) is 17.5 Å². The molecule has 0 amide bonds. The predicted molar refractivity (Wildman–Crippen MR) is 127 cm³/mol. The third-order valence-corrected chi connectivity index (χ3v) is 5.90. The Balaban J connectivity index is 1.53. The van der Waals surface area contributed by atoms with Crippen LogP contribution in [0.3, 0.4) is 0 Å². The number of fused-ring (bicyclic) bond motifs is 1. The Morgan fingerprint density at radius 1 is 1.10 bits per heavy atom. The molecule has 0 bridgehead atoms. The second-order valence-corrected chi connectivity index (χ2v) is 8.56. The molecule has 9 heteroatoms. The van der Waals surface area contributed by atoms with Crippen LogP contribution in [0.25, 0.3) is 11.0 Å². The highest BCUT2D eigenvalue weighted by Crippen LogP contribution is 2.18. The zero-order valence-corrected chi connectivity index (χ0v) is 19.6. The van der Waals surface area contributed by atoms with Gasteiger partial charge in [0.25, 0.3) is 0 Å². The fourth-order valence-electron chi connectivity index (χ4n) is 4.17. The average molecular weight is 430 g/mol. The summed E-state index contributed by atoms with van der Waals surface area (Å²) in [6.07, 6.45) is 8.71. The molecule has 3 heterocycles. The molecule has 1 atom stereocenters. The molecule has 1 aliphatic heterocycles. The van der Waals surface area contributed by atoms with Gasteiger partial charge in [-0.15, -0.1) is 0 Å². The molecule has 1 unspecified atom stereocenters. The molecule has 0 aliphatic carbocycles. The van der Waals surface area contributed by atoms with Crippen molar-refractivity contribution in [2.24, 2.45) is 18.0 Å². The van der Waals surface area contributed by atoms with Gasteiger partial charge in [-0.1, -0.05) is 26.7 Å². The van der Waals surface area contributed by atoms with Crippen LogP contribution < -0.4 is 16.0 Å². The summed E-state index contributed by atoms with van der Waals surface area (Å²) in [7, 11) is 1.88. The third-order valence-electron chi connectivity index (χ3n) is 5.90. The van der Waals surface area contributed by atoms with Crippen LogP contribution in [0.4, 0.5) is 5.82 Å². The van der Waals surface area contributed by atoms with Gasteiger partial charge in [-0.05, 0) is 38.8 Å². The highest BCUT2D eigenvalue weighted by Gasteiger charge is 2.22. The molecule has 9 nitrogen and oxygen atoms in total. The van der Waals surface area contributed by atoms with Crippen molar-refractivity contribution in [2.75, 3.05) is 44.6 Å². The van der Waals surface area contributed by atoms with E-state index in [1.54, 1.807) is 17.2 Å². The van der Waals surface area contributed by atoms with Crippen molar-refractivity contribution in [3.05, 3.63) is 12.5 Å². The van der Waals surface area contributed by atoms with Crippen molar-refractivity contribution in [3.63, 3.8) is 0 Å². The molecule has 1 saturated heterocycles. The van der Waals surface area contributed by atoms with Crippen molar-refractivity contribution >= 4 is 22.8 Å². The number of rotatable bonds is 9. The smallest absolute Gasteiger partial charge is 0.191 e. The number of likely N-dealkylation sites (tertiary alicyclic amines) is 1. The Morgan fingerprint density at radius 3 is 2.58 bits per heavy atom. The Labute approximate surface area is 186 Å². The van der Waals surface area contributed by atoms with Gasteiger partial charge < -0.3 is 16.0 Å². The maximum absolute atomic E-state index is 4.92. The van der Waals surface area contributed by atoms with Crippen molar-refractivity contribution in [3.8, 4) is 0 Å². The number of aliphatic imine (C=N–C) groups is 1. The lowest BCUT2D eigenvalue weighted by Crippen LogP contribution is -2.44. The Kier molecular flexibility index (Phi) is 8.87. The summed E-state index contributed by atoms with van der Waals surface area (Å²) < 4.78 is 1.76. The maximum atomic E-state index is 4.92. The molecule has 0 radical (unpaired) electrons. The van der Waals surface area contributed by atoms with Crippen LogP contribution in [0.2, 0.25) is 0 Å². The normalized spacial score (nSPS) is 17.0. The Bertz CT molecular complexity index is 821. The van der Waals surface area contributed by atoms with Gasteiger partial charge in [0, 0.05) is 32.7 Å². The highest BCUT2D eigenvalue weighted by molar-refractivity contribution is 5.86. The lowest BCUT2D eigenvalue weighted by molar-refractivity contribution is 0.166. The molecule has 0 spiro atoms. The summed E-state index contributed by atoms with van der Waals surface area (Å²) >= 11 is 0. The second kappa shape index (κ2) is 11.8. The SMILES string of the molecule is CCNC(=NCC(C(C)C)N1CCCCCC1)NCCNc1ncnc2c1cnn2C. The molecular formula is C22H39N9. The molecule has 2 aromatic rings. The standard InChI is InChI=1S/C22H39N9/c1-5-23-22(26-15-19(17(2)3)31-12-8-6-7-9-13-31)25-11-10-24-20-18-14-29-30(4)21(18)28-16-27-20/h14,16-17,19H,5-13,15H2,1-4H3,(H2,23,25,26)(H,24,27,28).